The number of amides is 1. The number of ether oxygens (including phenoxy) is 1. The van der Waals surface area contributed by atoms with Gasteiger partial charge in [0.15, 0.2) is 6.04 Å². The SMILES string of the molecule is CCOC1CC(CC(=O)N[C@H](C(=O)O)[C@@H](C)O)C1. The maximum atomic E-state index is 11.6. The van der Waals surface area contributed by atoms with Crippen LogP contribution in [0.3, 0.4) is 0 Å². The predicted octanol–water partition coefficient (Wildman–Crippen LogP) is 0.142. The Morgan fingerprint density at radius 2 is 2.06 bits per heavy atom. The highest BCUT2D eigenvalue weighted by atomic mass is 16.5. The van der Waals surface area contributed by atoms with Gasteiger partial charge in [-0.15, -0.1) is 0 Å². The van der Waals surface area contributed by atoms with Gasteiger partial charge >= 0.3 is 5.97 Å². The summed E-state index contributed by atoms with van der Waals surface area (Å²) in [5.74, 6) is -1.30. The monoisotopic (exact) mass is 259 g/mol. The van der Waals surface area contributed by atoms with Crippen molar-refractivity contribution >= 4 is 11.9 Å². The fraction of sp³-hybridized carbons (Fsp3) is 0.833. The molecule has 1 rings (SSSR count). The topological polar surface area (TPSA) is 95.9 Å². The summed E-state index contributed by atoms with van der Waals surface area (Å²) in [7, 11) is 0. The lowest BCUT2D eigenvalue weighted by molar-refractivity contribution is -0.145. The smallest absolute Gasteiger partial charge is 0.328 e. The Hall–Kier alpha value is -1.14. The van der Waals surface area contributed by atoms with Gasteiger partial charge in [0.1, 0.15) is 0 Å². The number of carboxylic acids is 1. The van der Waals surface area contributed by atoms with Crippen molar-refractivity contribution in [3.8, 4) is 0 Å². The number of hydrogen-bond acceptors (Lipinski definition) is 4. The molecule has 0 unspecified atom stereocenters. The first-order valence-corrected chi connectivity index (χ1v) is 6.25. The molecule has 1 fully saturated rings. The molecular weight excluding hydrogens is 238 g/mol. The molecule has 0 spiro atoms. The Kier molecular flexibility index (Phi) is 5.55. The van der Waals surface area contributed by atoms with Gasteiger partial charge in [0.25, 0.3) is 0 Å². The van der Waals surface area contributed by atoms with Crippen LogP contribution in [-0.2, 0) is 14.3 Å². The van der Waals surface area contributed by atoms with Crippen LogP contribution in [-0.4, -0.2) is 46.9 Å². The number of aliphatic hydroxyl groups excluding tert-OH is 1. The first-order chi connectivity index (χ1) is 8.43. The first kappa shape index (κ1) is 14.9. The Morgan fingerprint density at radius 1 is 1.44 bits per heavy atom. The van der Waals surface area contributed by atoms with Crippen LogP contribution >= 0.6 is 0 Å². The molecule has 0 aromatic rings. The normalized spacial score (nSPS) is 25.9. The molecule has 2 atom stereocenters. The fourth-order valence-corrected chi connectivity index (χ4v) is 2.10. The van der Waals surface area contributed by atoms with Gasteiger partial charge in [0, 0.05) is 13.0 Å². The molecular formula is C12H21NO5. The molecule has 6 heteroatoms. The molecule has 0 aromatic carbocycles. The highest BCUT2D eigenvalue weighted by molar-refractivity contribution is 5.84. The van der Waals surface area contributed by atoms with Gasteiger partial charge in [-0.3, -0.25) is 4.79 Å². The number of nitrogens with one attached hydrogen (secondary N) is 1. The predicted molar refractivity (Wildman–Crippen MR) is 64.0 cm³/mol. The third-order valence-corrected chi connectivity index (χ3v) is 3.13. The van der Waals surface area contributed by atoms with Crippen molar-refractivity contribution < 1.29 is 24.5 Å². The van der Waals surface area contributed by atoms with Gasteiger partial charge in [-0.05, 0) is 32.6 Å². The summed E-state index contributed by atoms with van der Waals surface area (Å²) in [6.07, 6.45) is 1.10. The van der Waals surface area contributed by atoms with Crippen molar-refractivity contribution in [1.82, 2.24) is 5.32 Å². The number of hydrogen-bond donors (Lipinski definition) is 3. The van der Waals surface area contributed by atoms with E-state index in [1.54, 1.807) is 0 Å². The molecule has 18 heavy (non-hydrogen) atoms. The number of aliphatic hydroxyl groups is 1. The maximum Gasteiger partial charge on any atom is 0.328 e. The highest BCUT2D eigenvalue weighted by Gasteiger charge is 2.32. The molecule has 0 aliphatic heterocycles. The van der Waals surface area contributed by atoms with Crippen molar-refractivity contribution in [2.45, 2.75) is 51.4 Å². The van der Waals surface area contributed by atoms with E-state index in [9.17, 15) is 14.7 Å². The number of carbonyl (C=O) groups is 2. The average molecular weight is 259 g/mol. The lowest BCUT2D eigenvalue weighted by Crippen LogP contribution is -2.48. The molecule has 0 bridgehead atoms. The fourth-order valence-electron chi connectivity index (χ4n) is 2.10. The molecule has 1 aliphatic carbocycles. The molecule has 0 saturated heterocycles. The zero-order valence-corrected chi connectivity index (χ0v) is 10.8. The zero-order chi connectivity index (χ0) is 13.7. The quantitative estimate of drug-likeness (QED) is 0.604. The van der Waals surface area contributed by atoms with Crippen molar-refractivity contribution in [3.05, 3.63) is 0 Å². The van der Waals surface area contributed by atoms with E-state index in [0.29, 0.717) is 13.0 Å². The second-order valence-electron chi connectivity index (χ2n) is 4.74. The summed E-state index contributed by atoms with van der Waals surface area (Å²) >= 11 is 0. The standard InChI is InChI=1S/C12H21NO5/c1-3-18-9-4-8(5-9)6-10(15)13-11(7(2)14)12(16)17/h7-9,11,14H,3-6H2,1-2H3,(H,13,15)(H,16,17)/t7-,8?,9?,11+/m1/s1. The van der Waals surface area contributed by atoms with Gasteiger partial charge < -0.3 is 20.3 Å². The van der Waals surface area contributed by atoms with Gasteiger partial charge in [-0.1, -0.05) is 0 Å². The first-order valence-electron chi connectivity index (χ1n) is 6.25. The van der Waals surface area contributed by atoms with Gasteiger partial charge in [-0.25, -0.2) is 4.79 Å². The maximum absolute atomic E-state index is 11.6. The minimum atomic E-state index is -1.24. The lowest BCUT2D eigenvalue weighted by atomic mass is 9.80. The van der Waals surface area contributed by atoms with Gasteiger partial charge in [0.05, 0.1) is 12.2 Å². The summed E-state index contributed by atoms with van der Waals surface area (Å²) in [4.78, 5) is 22.4. The van der Waals surface area contributed by atoms with Crippen molar-refractivity contribution in [3.63, 3.8) is 0 Å². The Labute approximate surface area is 106 Å². The molecule has 0 radical (unpaired) electrons. The van der Waals surface area contributed by atoms with Crippen LogP contribution in [0.4, 0.5) is 0 Å². The van der Waals surface area contributed by atoms with E-state index in [0.717, 1.165) is 12.8 Å². The summed E-state index contributed by atoms with van der Waals surface area (Å²) in [5, 5.41) is 20.4. The molecule has 0 aromatic heterocycles. The summed E-state index contributed by atoms with van der Waals surface area (Å²) < 4.78 is 5.38. The average Bonchev–Trinajstić information content (AvgIpc) is 2.22. The van der Waals surface area contributed by atoms with Crippen LogP contribution in [0.25, 0.3) is 0 Å². The van der Waals surface area contributed by atoms with Crippen LogP contribution in [0.1, 0.15) is 33.1 Å². The van der Waals surface area contributed by atoms with Crippen molar-refractivity contribution in [2.24, 2.45) is 5.92 Å². The summed E-state index contributed by atoms with van der Waals surface area (Å²) in [6, 6.07) is -1.24. The third kappa shape index (κ3) is 4.27. The van der Waals surface area contributed by atoms with Gasteiger partial charge in [-0.2, -0.15) is 0 Å². The van der Waals surface area contributed by atoms with Crippen LogP contribution in [0.2, 0.25) is 0 Å². The number of carbonyl (C=O) groups excluding carboxylic acids is 1. The number of carboxylic acid groups (broad SMARTS) is 1. The molecule has 104 valence electrons. The zero-order valence-electron chi connectivity index (χ0n) is 10.8. The highest BCUT2D eigenvalue weighted by Crippen LogP contribution is 2.32. The molecule has 3 N–H and O–H groups in total. The van der Waals surface area contributed by atoms with Crippen LogP contribution < -0.4 is 5.32 Å². The van der Waals surface area contributed by atoms with E-state index >= 15 is 0 Å². The molecule has 0 heterocycles. The second-order valence-corrected chi connectivity index (χ2v) is 4.74. The Morgan fingerprint density at radius 3 is 2.50 bits per heavy atom. The minimum Gasteiger partial charge on any atom is -0.480 e. The van der Waals surface area contributed by atoms with Gasteiger partial charge in [0.2, 0.25) is 5.91 Å². The van der Waals surface area contributed by atoms with Crippen molar-refractivity contribution in [1.29, 1.82) is 0 Å². The second kappa shape index (κ2) is 6.70. The van der Waals surface area contributed by atoms with E-state index in [-0.39, 0.29) is 17.9 Å². The molecule has 1 saturated carbocycles. The Bertz CT molecular complexity index is 299. The molecule has 6 nitrogen and oxygen atoms in total. The number of aliphatic carboxylic acids is 1. The third-order valence-electron chi connectivity index (χ3n) is 3.13. The van der Waals surface area contributed by atoms with E-state index in [1.807, 2.05) is 6.92 Å². The molecule has 1 aliphatic rings. The van der Waals surface area contributed by atoms with Crippen LogP contribution in [0.15, 0.2) is 0 Å². The van der Waals surface area contributed by atoms with Crippen LogP contribution in [0, 0.1) is 5.92 Å². The lowest BCUT2D eigenvalue weighted by Gasteiger charge is -2.34. The summed E-state index contributed by atoms with van der Waals surface area (Å²) in [6.45, 7) is 3.94. The minimum absolute atomic E-state index is 0.236. The van der Waals surface area contributed by atoms with Crippen molar-refractivity contribution in [2.75, 3.05) is 6.61 Å². The Balaban J connectivity index is 2.28. The van der Waals surface area contributed by atoms with Crippen LogP contribution in [0.5, 0.6) is 0 Å². The van der Waals surface area contributed by atoms with E-state index in [4.69, 9.17) is 9.84 Å². The van der Waals surface area contributed by atoms with E-state index in [2.05, 4.69) is 5.32 Å². The van der Waals surface area contributed by atoms with E-state index < -0.39 is 18.1 Å². The van der Waals surface area contributed by atoms with E-state index in [1.165, 1.54) is 6.92 Å². The molecule has 1 amide bonds. The largest absolute Gasteiger partial charge is 0.480 e. The summed E-state index contributed by atoms with van der Waals surface area (Å²) in [5.41, 5.74) is 0. The number of rotatable bonds is 7.